The van der Waals surface area contributed by atoms with Crippen LogP contribution in [0.4, 0.5) is 17.2 Å². The van der Waals surface area contributed by atoms with Crippen LogP contribution in [0.1, 0.15) is 18.3 Å². The van der Waals surface area contributed by atoms with Gasteiger partial charge in [0.1, 0.15) is 5.82 Å². The number of nitrogens with zero attached hydrogens (tertiary/aromatic N) is 4. The molecule has 27 heavy (non-hydrogen) atoms. The van der Waals surface area contributed by atoms with E-state index < -0.39 is 0 Å². The number of anilines is 3. The maximum Gasteiger partial charge on any atom is 0.150 e. The Morgan fingerprint density at radius 1 is 1.04 bits per heavy atom. The van der Waals surface area contributed by atoms with Crippen LogP contribution in [0.25, 0.3) is 11.3 Å². The molecular weight excluding hydrogens is 336 g/mol. The molecule has 0 radical (unpaired) electrons. The first-order valence-corrected chi connectivity index (χ1v) is 8.72. The molecule has 6 heteroatoms. The van der Waals surface area contributed by atoms with Crippen LogP contribution >= 0.6 is 0 Å². The van der Waals surface area contributed by atoms with Crippen molar-refractivity contribution in [1.82, 2.24) is 9.97 Å². The summed E-state index contributed by atoms with van der Waals surface area (Å²) in [6.45, 7) is 3.81. The molecule has 0 aliphatic heterocycles. The summed E-state index contributed by atoms with van der Waals surface area (Å²) in [5, 5.41) is 4.47. The number of hydrogen-bond acceptors (Lipinski definition) is 6. The van der Waals surface area contributed by atoms with Crippen molar-refractivity contribution < 1.29 is 0 Å². The lowest BCUT2D eigenvalue weighted by molar-refractivity contribution is 1.05. The maximum absolute atomic E-state index is 6.07. The molecular formula is C21H24N6. The fourth-order valence-electron chi connectivity index (χ4n) is 2.70. The highest BCUT2D eigenvalue weighted by atomic mass is 15.3. The molecule has 0 unspecified atom stereocenters. The van der Waals surface area contributed by atoms with Gasteiger partial charge in [0.25, 0.3) is 0 Å². The summed E-state index contributed by atoms with van der Waals surface area (Å²) >= 11 is 0. The van der Waals surface area contributed by atoms with E-state index in [0.29, 0.717) is 17.3 Å². The van der Waals surface area contributed by atoms with E-state index in [-0.39, 0.29) is 0 Å². The lowest BCUT2D eigenvalue weighted by Crippen LogP contribution is -2.09. The highest BCUT2D eigenvalue weighted by Gasteiger charge is 2.07. The van der Waals surface area contributed by atoms with Crippen molar-refractivity contribution in [2.75, 3.05) is 30.2 Å². The highest BCUT2D eigenvalue weighted by Crippen LogP contribution is 2.25. The minimum absolute atomic E-state index is 0.630. The van der Waals surface area contributed by atoms with E-state index in [0.717, 1.165) is 28.2 Å². The van der Waals surface area contributed by atoms with E-state index >= 15 is 0 Å². The Kier molecular flexibility index (Phi) is 5.35. The first kappa shape index (κ1) is 18.4. The number of hydrazone groups is 1. The lowest BCUT2D eigenvalue weighted by atomic mass is 10.1. The van der Waals surface area contributed by atoms with Gasteiger partial charge in [-0.1, -0.05) is 30.3 Å². The summed E-state index contributed by atoms with van der Waals surface area (Å²) in [6, 6.07) is 17.7. The predicted molar refractivity (Wildman–Crippen MR) is 113 cm³/mol. The zero-order valence-corrected chi connectivity index (χ0v) is 16.1. The first-order valence-electron chi connectivity index (χ1n) is 8.72. The Labute approximate surface area is 159 Å². The summed E-state index contributed by atoms with van der Waals surface area (Å²) in [7, 11) is 4.04. The molecule has 0 aliphatic rings. The molecule has 0 bridgehead atoms. The molecule has 3 N–H and O–H groups in total. The molecule has 1 heterocycles. The average molecular weight is 360 g/mol. The maximum atomic E-state index is 6.07. The second-order valence-electron chi connectivity index (χ2n) is 6.52. The summed E-state index contributed by atoms with van der Waals surface area (Å²) < 4.78 is 0. The molecule has 0 saturated carbocycles. The van der Waals surface area contributed by atoms with E-state index in [1.807, 2.05) is 58.3 Å². The zero-order valence-electron chi connectivity index (χ0n) is 16.1. The number of nitrogens with two attached hydrogens (primary N) is 1. The topological polar surface area (TPSA) is 79.4 Å². The van der Waals surface area contributed by atoms with Crippen LogP contribution in [0.15, 0.2) is 59.7 Å². The van der Waals surface area contributed by atoms with Crippen LogP contribution in [0.2, 0.25) is 0 Å². The number of benzene rings is 2. The van der Waals surface area contributed by atoms with Gasteiger partial charge in [0.15, 0.2) is 5.82 Å². The van der Waals surface area contributed by atoms with E-state index in [2.05, 4.69) is 49.7 Å². The molecule has 0 spiro atoms. The molecule has 1 aromatic heterocycles. The molecule has 2 aromatic carbocycles. The van der Waals surface area contributed by atoms with Gasteiger partial charge in [-0.15, -0.1) is 0 Å². The quantitative estimate of drug-likeness (QED) is 0.409. The van der Waals surface area contributed by atoms with Crippen LogP contribution in [-0.2, 0) is 0 Å². The number of aromatic nitrogens is 2. The molecule has 3 rings (SSSR count). The average Bonchev–Trinajstić information content (AvgIpc) is 2.66. The van der Waals surface area contributed by atoms with Crippen LogP contribution in [-0.4, -0.2) is 29.8 Å². The molecule has 0 saturated heterocycles. The Hall–Kier alpha value is -3.41. The van der Waals surface area contributed by atoms with Crippen molar-refractivity contribution in [3.05, 3.63) is 66.0 Å². The normalized spacial score (nSPS) is 11.3. The van der Waals surface area contributed by atoms with Gasteiger partial charge >= 0.3 is 0 Å². The molecule has 3 aromatic rings. The van der Waals surface area contributed by atoms with Gasteiger partial charge in [-0.2, -0.15) is 5.10 Å². The molecule has 0 fully saturated rings. The van der Waals surface area contributed by atoms with Crippen molar-refractivity contribution in [2.45, 2.75) is 13.8 Å². The number of nitrogen functional groups attached to an aromatic ring is 1. The van der Waals surface area contributed by atoms with E-state index in [1.165, 1.54) is 0 Å². The molecule has 0 atom stereocenters. The third-order valence-electron chi connectivity index (χ3n) is 4.21. The Morgan fingerprint density at radius 2 is 1.74 bits per heavy atom. The van der Waals surface area contributed by atoms with Crippen molar-refractivity contribution in [1.29, 1.82) is 0 Å². The van der Waals surface area contributed by atoms with Gasteiger partial charge in [0.05, 0.1) is 11.4 Å². The third kappa shape index (κ3) is 4.41. The fraction of sp³-hybridized carbons (Fsp3) is 0.190. The second-order valence-corrected chi connectivity index (χ2v) is 6.52. The number of para-hydroxylation sites is 1. The SMILES string of the molecule is C/C(=N\Nc1cc(-c2ccccc2N)nc(C)n1)c1ccc(N(C)C)cc1. The molecule has 0 amide bonds. The smallest absolute Gasteiger partial charge is 0.150 e. The summed E-state index contributed by atoms with van der Waals surface area (Å²) in [6.07, 6.45) is 0. The standard InChI is InChI=1S/C21H24N6/c1-14(16-9-11-17(12-10-16)27(3)4)25-26-21-13-20(23-15(2)24-21)18-7-5-6-8-19(18)22/h5-13H,22H2,1-4H3,(H,23,24,26)/b25-14+. The van der Waals surface area contributed by atoms with Gasteiger partial charge in [0.2, 0.25) is 0 Å². The van der Waals surface area contributed by atoms with Gasteiger partial charge in [-0.25, -0.2) is 9.97 Å². The summed E-state index contributed by atoms with van der Waals surface area (Å²) in [5.74, 6) is 1.28. The van der Waals surface area contributed by atoms with Crippen molar-refractivity contribution in [2.24, 2.45) is 5.10 Å². The van der Waals surface area contributed by atoms with Gasteiger partial charge in [0, 0.05) is 37.1 Å². The zero-order chi connectivity index (χ0) is 19.4. The molecule has 0 aliphatic carbocycles. The Bertz CT molecular complexity index is 961. The van der Waals surface area contributed by atoms with Gasteiger partial charge < -0.3 is 10.6 Å². The van der Waals surface area contributed by atoms with Crippen molar-refractivity contribution in [3.8, 4) is 11.3 Å². The fourth-order valence-corrected chi connectivity index (χ4v) is 2.70. The highest BCUT2D eigenvalue weighted by molar-refractivity contribution is 5.99. The monoisotopic (exact) mass is 360 g/mol. The third-order valence-corrected chi connectivity index (χ3v) is 4.21. The van der Waals surface area contributed by atoms with Crippen LogP contribution in [0.5, 0.6) is 0 Å². The minimum atomic E-state index is 0.630. The Balaban J connectivity index is 1.83. The van der Waals surface area contributed by atoms with Crippen molar-refractivity contribution >= 4 is 22.9 Å². The second kappa shape index (κ2) is 7.86. The Morgan fingerprint density at radius 3 is 2.41 bits per heavy atom. The van der Waals surface area contributed by atoms with Gasteiger partial charge in [-0.3, -0.25) is 5.43 Å². The predicted octanol–water partition coefficient (Wildman–Crippen LogP) is 3.94. The van der Waals surface area contributed by atoms with Crippen LogP contribution in [0.3, 0.4) is 0 Å². The van der Waals surface area contributed by atoms with Crippen LogP contribution in [0, 0.1) is 6.92 Å². The number of hydrogen-bond donors (Lipinski definition) is 2. The summed E-state index contributed by atoms with van der Waals surface area (Å²) in [5.41, 5.74) is 14.5. The molecule has 138 valence electrons. The number of aryl methyl sites for hydroxylation is 1. The van der Waals surface area contributed by atoms with Crippen molar-refractivity contribution in [3.63, 3.8) is 0 Å². The minimum Gasteiger partial charge on any atom is -0.398 e. The molecule has 6 nitrogen and oxygen atoms in total. The van der Waals surface area contributed by atoms with E-state index in [4.69, 9.17) is 5.73 Å². The summed E-state index contributed by atoms with van der Waals surface area (Å²) in [4.78, 5) is 11.0. The van der Waals surface area contributed by atoms with E-state index in [1.54, 1.807) is 0 Å². The number of nitrogens with one attached hydrogen (secondary N) is 1. The first-order chi connectivity index (χ1) is 12.9. The lowest BCUT2D eigenvalue weighted by Gasteiger charge is -2.12. The number of rotatable bonds is 5. The largest absolute Gasteiger partial charge is 0.398 e. The van der Waals surface area contributed by atoms with Gasteiger partial charge in [-0.05, 0) is 37.6 Å². The van der Waals surface area contributed by atoms with E-state index in [9.17, 15) is 0 Å². The van der Waals surface area contributed by atoms with Crippen LogP contribution < -0.4 is 16.1 Å².